The molecule has 1 aromatic rings. The molecule has 1 atom stereocenters. The van der Waals surface area contributed by atoms with Crippen molar-refractivity contribution in [2.45, 2.75) is 25.8 Å². The molecule has 0 radical (unpaired) electrons. The lowest BCUT2D eigenvalue weighted by molar-refractivity contribution is -0.147. The van der Waals surface area contributed by atoms with Crippen molar-refractivity contribution in [3.8, 4) is 0 Å². The van der Waals surface area contributed by atoms with Crippen molar-refractivity contribution < 1.29 is 14.3 Å². The Labute approximate surface area is 131 Å². The average molecular weight is 312 g/mol. The summed E-state index contributed by atoms with van der Waals surface area (Å²) >= 11 is 6.13. The summed E-state index contributed by atoms with van der Waals surface area (Å²) in [7, 11) is 0. The molecule has 0 aliphatic carbocycles. The second-order valence-corrected chi connectivity index (χ2v) is 5.80. The number of nitrogens with zero attached hydrogens (tertiary/aromatic N) is 1. The molecule has 116 valence electrons. The largest absolute Gasteiger partial charge is 0.466 e. The van der Waals surface area contributed by atoms with Crippen molar-refractivity contribution in [1.29, 1.82) is 0 Å². The number of carbonyl (C=O) groups is 1. The minimum atomic E-state index is -0.430. The summed E-state index contributed by atoms with van der Waals surface area (Å²) in [6.07, 6.45) is 0.307. The van der Waals surface area contributed by atoms with Gasteiger partial charge in [-0.3, -0.25) is 9.69 Å². The summed E-state index contributed by atoms with van der Waals surface area (Å²) in [5, 5.41) is 0.677. The fraction of sp³-hybridized carbons (Fsp3) is 0.562. The third-order valence-electron chi connectivity index (χ3n) is 3.95. The van der Waals surface area contributed by atoms with Gasteiger partial charge in [0.05, 0.1) is 31.8 Å². The topological polar surface area (TPSA) is 38.8 Å². The van der Waals surface area contributed by atoms with Crippen LogP contribution >= 0.6 is 11.6 Å². The van der Waals surface area contributed by atoms with E-state index in [-0.39, 0.29) is 5.97 Å². The summed E-state index contributed by atoms with van der Waals surface area (Å²) in [5.41, 5.74) is 0.603. The van der Waals surface area contributed by atoms with Crippen molar-refractivity contribution in [1.82, 2.24) is 4.90 Å². The van der Waals surface area contributed by atoms with E-state index in [1.54, 1.807) is 0 Å². The maximum atomic E-state index is 12.0. The molecular formula is C16H22ClNO3. The Balaban J connectivity index is 2.30. The second kappa shape index (κ2) is 7.25. The van der Waals surface area contributed by atoms with E-state index in [4.69, 9.17) is 21.1 Å². The molecule has 0 bridgehead atoms. The Morgan fingerprint density at radius 2 is 2.14 bits per heavy atom. The van der Waals surface area contributed by atoms with Gasteiger partial charge < -0.3 is 9.47 Å². The maximum absolute atomic E-state index is 12.0. The van der Waals surface area contributed by atoms with E-state index in [2.05, 4.69) is 11.8 Å². The summed E-state index contributed by atoms with van der Waals surface area (Å²) in [5.74, 6) is -0.188. The highest BCUT2D eigenvalue weighted by Gasteiger charge is 2.37. The van der Waals surface area contributed by atoms with Crippen LogP contribution in [0, 0.1) is 0 Å². The Kier molecular flexibility index (Phi) is 5.62. The van der Waals surface area contributed by atoms with E-state index in [1.165, 1.54) is 0 Å². The summed E-state index contributed by atoms with van der Waals surface area (Å²) < 4.78 is 10.6. The van der Waals surface area contributed by atoms with E-state index in [0.717, 1.165) is 18.7 Å². The first-order valence-electron chi connectivity index (χ1n) is 7.30. The van der Waals surface area contributed by atoms with Crippen molar-refractivity contribution in [2.75, 3.05) is 32.9 Å². The molecule has 0 aromatic heterocycles. The monoisotopic (exact) mass is 311 g/mol. The van der Waals surface area contributed by atoms with Crippen molar-refractivity contribution in [2.24, 2.45) is 0 Å². The minimum absolute atomic E-state index is 0.188. The molecule has 5 heteroatoms. The molecule has 0 saturated carbocycles. The second-order valence-electron chi connectivity index (χ2n) is 5.37. The number of ether oxygens (including phenoxy) is 2. The fourth-order valence-corrected chi connectivity index (χ4v) is 2.96. The first kappa shape index (κ1) is 16.3. The molecule has 1 fully saturated rings. The Morgan fingerprint density at radius 1 is 1.43 bits per heavy atom. The smallest absolute Gasteiger partial charge is 0.307 e. The van der Waals surface area contributed by atoms with Crippen LogP contribution in [0.25, 0.3) is 0 Å². The molecule has 4 nitrogen and oxygen atoms in total. The van der Waals surface area contributed by atoms with Crippen LogP contribution in [-0.4, -0.2) is 43.8 Å². The maximum Gasteiger partial charge on any atom is 0.307 e. The van der Waals surface area contributed by atoms with Crippen LogP contribution < -0.4 is 0 Å². The number of hydrogen-bond acceptors (Lipinski definition) is 4. The highest BCUT2D eigenvalue weighted by molar-refractivity contribution is 6.30. The van der Waals surface area contributed by atoms with Gasteiger partial charge in [0.1, 0.15) is 0 Å². The normalized spacial score (nSPS) is 19.0. The number of esters is 1. The predicted molar refractivity (Wildman–Crippen MR) is 82.4 cm³/mol. The van der Waals surface area contributed by atoms with Crippen LogP contribution in [0.15, 0.2) is 24.3 Å². The molecule has 1 aliphatic rings. The molecule has 1 heterocycles. The van der Waals surface area contributed by atoms with Gasteiger partial charge in [0.2, 0.25) is 0 Å². The number of rotatable bonds is 5. The first-order valence-corrected chi connectivity index (χ1v) is 7.68. The van der Waals surface area contributed by atoms with Crippen LogP contribution in [0.2, 0.25) is 5.02 Å². The standard InChI is InChI=1S/C16H22ClNO3/c1-3-21-15(19)12-16(2,18-7-9-20-10-8-18)13-5-4-6-14(17)11-13/h4-6,11H,3,7-10,12H2,1-2H3. The number of carbonyl (C=O) groups excluding carboxylic acids is 1. The van der Waals surface area contributed by atoms with Crippen LogP contribution in [-0.2, 0) is 19.8 Å². The number of hydrogen-bond donors (Lipinski definition) is 0. The fourth-order valence-electron chi connectivity index (χ4n) is 2.77. The Morgan fingerprint density at radius 3 is 2.76 bits per heavy atom. The van der Waals surface area contributed by atoms with Crippen LogP contribution in [0.1, 0.15) is 25.8 Å². The number of benzene rings is 1. The average Bonchev–Trinajstić information content (AvgIpc) is 2.48. The van der Waals surface area contributed by atoms with E-state index < -0.39 is 5.54 Å². The van der Waals surface area contributed by atoms with E-state index in [9.17, 15) is 4.79 Å². The van der Waals surface area contributed by atoms with Crippen LogP contribution in [0.4, 0.5) is 0 Å². The molecule has 21 heavy (non-hydrogen) atoms. The van der Waals surface area contributed by atoms with Gasteiger partial charge in [-0.25, -0.2) is 0 Å². The first-order chi connectivity index (χ1) is 10.1. The summed E-state index contributed by atoms with van der Waals surface area (Å²) in [6.45, 7) is 7.24. The lowest BCUT2D eigenvalue weighted by atomic mass is 9.86. The highest BCUT2D eigenvalue weighted by Crippen LogP contribution is 2.34. The van der Waals surface area contributed by atoms with E-state index >= 15 is 0 Å². The summed E-state index contributed by atoms with van der Waals surface area (Å²) in [4.78, 5) is 14.3. The molecule has 0 spiro atoms. The molecule has 1 saturated heterocycles. The zero-order valence-corrected chi connectivity index (χ0v) is 13.4. The third kappa shape index (κ3) is 3.96. The van der Waals surface area contributed by atoms with Gasteiger partial charge in [-0.2, -0.15) is 0 Å². The third-order valence-corrected chi connectivity index (χ3v) is 4.18. The Hall–Kier alpha value is -1.10. The van der Waals surface area contributed by atoms with Crippen molar-refractivity contribution >= 4 is 17.6 Å². The number of halogens is 1. The molecule has 1 unspecified atom stereocenters. The minimum Gasteiger partial charge on any atom is -0.466 e. The molecule has 2 rings (SSSR count). The van der Waals surface area contributed by atoms with E-state index in [0.29, 0.717) is 31.3 Å². The van der Waals surface area contributed by atoms with Crippen LogP contribution in [0.5, 0.6) is 0 Å². The van der Waals surface area contributed by atoms with Gasteiger partial charge in [0.25, 0.3) is 0 Å². The molecule has 1 aromatic carbocycles. The zero-order valence-electron chi connectivity index (χ0n) is 12.6. The number of morpholine rings is 1. The lowest BCUT2D eigenvalue weighted by Gasteiger charge is -2.43. The molecule has 0 amide bonds. The molecule has 1 aliphatic heterocycles. The van der Waals surface area contributed by atoms with Gasteiger partial charge >= 0.3 is 5.97 Å². The molecule has 0 N–H and O–H groups in total. The van der Waals surface area contributed by atoms with Gasteiger partial charge in [-0.1, -0.05) is 23.7 Å². The summed E-state index contributed by atoms with van der Waals surface area (Å²) in [6, 6.07) is 7.70. The van der Waals surface area contributed by atoms with Crippen molar-refractivity contribution in [3.63, 3.8) is 0 Å². The Bertz CT molecular complexity index is 488. The van der Waals surface area contributed by atoms with E-state index in [1.807, 2.05) is 31.2 Å². The van der Waals surface area contributed by atoms with Crippen molar-refractivity contribution in [3.05, 3.63) is 34.9 Å². The highest BCUT2D eigenvalue weighted by atomic mass is 35.5. The van der Waals surface area contributed by atoms with Gasteiger partial charge in [-0.15, -0.1) is 0 Å². The predicted octanol–water partition coefficient (Wildman–Crippen LogP) is 2.84. The van der Waals surface area contributed by atoms with Gasteiger partial charge in [0, 0.05) is 18.1 Å². The quantitative estimate of drug-likeness (QED) is 0.784. The van der Waals surface area contributed by atoms with Gasteiger partial charge in [-0.05, 0) is 31.5 Å². The molecular weight excluding hydrogens is 290 g/mol. The van der Waals surface area contributed by atoms with Gasteiger partial charge in [0.15, 0.2) is 0 Å². The van der Waals surface area contributed by atoms with Crippen LogP contribution in [0.3, 0.4) is 0 Å². The lowest BCUT2D eigenvalue weighted by Crippen LogP contribution is -2.50. The zero-order chi connectivity index (χ0) is 15.3. The SMILES string of the molecule is CCOC(=O)CC(C)(c1cccc(Cl)c1)N1CCOCC1.